The van der Waals surface area contributed by atoms with Crippen molar-refractivity contribution in [3.63, 3.8) is 0 Å². The Morgan fingerprint density at radius 3 is 2.22 bits per heavy atom. The Morgan fingerprint density at radius 1 is 1.67 bits per heavy atom. The molecule has 9 heavy (non-hydrogen) atoms. The van der Waals surface area contributed by atoms with E-state index in [0.29, 0.717) is 0 Å². The second kappa shape index (κ2) is 3.33. The fraction of sp³-hybridized carbons (Fsp3) is 0.833. The molecule has 0 heterocycles. The molecular weight excluding hydrogens is 118 g/mol. The van der Waals surface area contributed by atoms with Gasteiger partial charge in [-0.2, -0.15) is 0 Å². The van der Waals surface area contributed by atoms with Crippen molar-refractivity contribution in [3.8, 4) is 0 Å². The number of amides is 1. The van der Waals surface area contributed by atoms with E-state index < -0.39 is 6.09 Å². The Kier molecular flexibility index (Phi) is 3.06. The van der Waals surface area contributed by atoms with E-state index in [1.54, 1.807) is 0 Å². The third-order valence-electron chi connectivity index (χ3n) is 1.54. The topological polar surface area (TPSA) is 40.2 Å². The van der Waals surface area contributed by atoms with Crippen LogP contribution >= 0.6 is 0 Å². The molecule has 0 bridgehead atoms. The summed E-state index contributed by atoms with van der Waals surface area (Å²) in [5.41, 5.74) is 0. The van der Waals surface area contributed by atoms with Gasteiger partial charge in [0, 0.05) is 13.1 Å². The zero-order chi connectivity index (χ0) is 7.44. The number of hydrogen-bond donors (Lipinski definition) is 0. The molecule has 0 fully saturated rings. The molecule has 53 valence electrons. The van der Waals surface area contributed by atoms with Crippen molar-refractivity contribution in [2.45, 2.75) is 26.3 Å². The van der Waals surface area contributed by atoms with Gasteiger partial charge in [0.05, 0.1) is 0 Å². The quantitative estimate of drug-likeness (QED) is 0.554. The highest BCUT2D eigenvalue weighted by molar-refractivity contribution is 5.64. The highest BCUT2D eigenvalue weighted by Crippen LogP contribution is 1.99. The van der Waals surface area contributed by atoms with Crippen molar-refractivity contribution in [2.24, 2.45) is 0 Å². The first kappa shape index (κ1) is 8.27. The van der Waals surface area contributed by atoms with E-state index >= 15 is 0 Å². The molecule has 0 aromatic heterocycles. The molecule has 1 atom stereocenters. The predicted molar refractivity (Wildman–Crippen MR) is 33.6 cm³/mol. The van der Waals surface area contributed by atoms with E-state index in [-0.39, 0.29) is 6.04 Å². The van der Waals surface area contributed by atoms with Crippen molar-refractivity contribution in [3.05, 3.63) is 0 Å². The van der Waals surface area contributed by atoms with Crippen LogP contribution in [0.3, 0.4) is 0 Å². The lowest BCUT2D eigenvalue weighted by molar-refractivity contribution is 0.116. The van der Waals surface area contributed by atoms with Crippen LogP contribution in [-0.2, 0) is 5.11 Å². The molecule has 0 aromatic rings. The Bertz CT molecular complexity index is 103. The minimum absolute atomic E-state index is 0.0648. The number of rotatable bonds is 2. The maximum atomic E-state index is 10.1. The van der Waals surface area contributed by atoms with Gasteiger partial charge in [-0.1, -0.05) is 6.92 Å². The maximum absolute atomic E-state index is 10.1. The minimum Gasteiger partial charge on any atom is -0.306 e. The van der Waals surface area contributed by atoms with Crippen LogP contribution in [0.15, 0.2) is 0 Å². The van der Waals surface area contributed by atoms with Gasteiger partial charge in [0.25, 0.3) is 0 Å². The summed E-state index contributed by atoms with van der Waals surface area (Å²) in [7, 11) is 1.52. The van der Waals surface area contributed by atoms with E-state index in [4.69, 9.17) is 0 Å². The van der Waals surface area contributed by atoms with E-state index in [9.17, 15) is 9.90 Å². The molecule has 0 spiro atoms. The summed E-state index contributed by atoms with van der Waals surface area (Å²) < 4.78 is 0. The molecule has 0 saturated heterocycles. The van der Waals surface area contributed by atoms with Crippen LogP contribution in [0.25, 0.3) is 0 Å². The van der Waals surface area contributed by atoms with Crippen molar-refractivity contribution >= 4 is 6.09 Å². The summed E-state index contributed by atoms with van der Waals surface area (Å²) in [6.45, 7) is 3.78. The van der Waals surface area contributed by atoms with E-state index in [1.807, 2.05) is 13.8 Å². The molecule has 1 radical (unpaired) electrons. The maximum Gasteiger partial charge on any atom is 0.453 e. The summed E-state index contributed by atoms with van der Waals surface area (Å²) in [5, 5.41) is 10.1. The number of carbonyl (C=O) groups excluding carboxylic acids is 1. The lowest BCUT2D eigenvalue weighted by Gasteiger charge is -2.18. The van der Waals surface area contributed by atoms with Crippen LogP contribution in [0.4, 0.5) is 4.79 Å². The highest BCUT2D eigenvalue weighted by atomic mass is 16.4. The SMILES string of the molecule is CCC(C)N(C)C([O])=O. The van der Waals surface area contributed by atoms with Crippen molar-refractivity contribution in [2.75, 3.05) is 7.05 Å². The third-order valence-corrected chi connectivity index (χ3v) is 1.54. The first-order chi connectivity index (χ1) is 4.09. The summed E-state index contributed by atoms with van der Waals surface area (Å²) in [6, 6.07) is 0.0648. The summed E-state index contributed by atoms with van der Waals surface area (Å²) in [5.74, 6) is 0. The summed E-state index contributed by atoms with van der Waals surface area (Å²) in [4.78, 5) is 11.3. The van der Waals surface area contributed by atoms with Gasteiger partial charge in [0.15, 0.2) is 0 Å². The Balaban J connectivity index is 3.72. The van der Waals surface area contributed by atoms with Crippen LogP contribution in [0.1, 0.15) is 20.3 Å². The van der Waals surface area contributed by atoms with Crippen molar-refractivity contribution in [1.29, 1.82) is 0 Å². The molecule has 3 heteroatoms. The monoisotopic (exact) mass is 130 g/mol. The van der Waals surface area contributed by atoms with Gasteiger partial charge in [-0.15, -0.1) is 0 Å². The lowest BCUT2D eigenvalue weighted by atomic mass is 10.2. The highest BCUT2D eigenvalue weighted by Gasteiger charge is 2.12. The van der Waals surface area contributed by atoms with E-state index in [0.717, 1.165) is 6.42 Å². The second-order valence-corrected chi connectivity index (χ2v) is 2.13. The molecule has 0 aromatic carbocycles. The molecule has 0 aliphatic rings. The summed E-state index contributed by atoms with van der Waals surface area (Å²) >= 11 is 0. The fourth-order valence-electron chi connectivity index (χ4n) is 0.454. The number of carbonyl (C=O) groups is 1. The van der Waals surface area contributed by atoms with Crippen LogP contribution in [-0.4, -0.2) is 24.1 Å². The number of hydrogen-bond acceptors (Lipinski definition) is 1. The molecule has 3 nitrogen and oxygen atoms in total. The van der Waals surface area contributed by atoms with Gasteiger partial charge < -0.3 is 4.90 Å². The normalized spacial score (nSPS) is 12.8. The van der Waals surface area contributed by atoms with E-state index in [1.165, 1.54) is 11.9 Å². The average Bonchev–Trinajstić information content (AvgIpc) is 1.84. The Morgan fingerprint density at radius 2 is 2.11 bits per heavy atom. The fourth-order valence-corrected chi connectivity index (χ4v) is 0.454. The van der Waals surface area contributed by atoms with Gasteiger partial charge in [0.1, 0.15) is 0 Å². The van der Waals surface area contributed by atoms with Gasteiger partial charge >= 0.3 is 6.09 Å². The molecule has 0 aliphatic heterocycles. The van der Waals surface area contributed by atoms with Crippen LogP contribution in [0.2, 0.25) is 0 Å². The Hall–Kier alpha value is -0.730. The van der Waals surface area contributed by atoms with Crippen molar-refractivity contribution < 1.29 is 9.90 Å². The first-order valence-electron chi connectivity index (χ1n) is 3.03. The van der Waals surface area contributed by atoms with Gasteiger partial charge in [0.2, 0.25) is 0 Å². The predicted octanol–water partition coefficient (Wildman–Crippen LogP) is 1.27. The zero-order valence-corrected chi connectivity index (χ0v) is 6.05. The molecule has 1 unspecified atom stereocenters. The second-order valence-electron chi connectivity index (χ2n) is 2.13. The van der Waals surface area contributed by atoms with Gasteiger partial charge in [-0.3, -0.25) is 0 Å². The molecule has 0 saturated carbocycles. The molecule has 0 N–H and O–H groups in total. The van der Waals surface area contributed by atoms with Crippen LogP contribution < -0.4 is 0 Å². The molecule has 0 rings (SSSR count). The zero-order valence-electron chi connectivity index (χ0n) is 6.05. The summed E-state index contributed by atoms with van der Waals surface area (Å²) in [6.07, 6.45) is -0.283. The molecule has 0 aliphatic carbocycles. The van der Waals surface area contributed by atoms with Crippen LogP contribution in [0.5, 0.6) is 0 Å². The lowest BCUT2D eigenvalue weighted by Crippen LogP contribution is -2.32. The standard InChI is InChI=1S/C6H12NO2/c1-4-5(2)7(3)6(8)9/h5H,4H2,1-3H3. The Labute approximate surface area is 55.3 Å². The molecule has 1 amide bonds. The average molecular weight is 130 g/mol. The minimum atomic E-state index is -1.11. The third kappa shape index (κ3) is 2.35. The van der Waals surface area contributed by atoms with Gasteiger partial charge in [-0.25, -0.2) is 9.90 Å². The smallest absolute Gasteiger partial charge is 0.306 e. The van der Waals surface area contributed by atoms with Crippen molar-refractivity contribution in [1.82, 2.24) is 4.90 Å². The van der Waals surface area contributed by atoms with Gasteiger partial charge in [-0.05, 0) is 13.3 Å². The first-order valence-corrected chi connectivity index (χ1v) is 3.03. The number of nitrogens with zero attached hydrogens (tertiary/aromatic N) is 1. The van der Waals surface area contributed by atoms with E-state index in [2.05, 4.69) is 0 Å². The molecular formula is C6H12NO2. The largest absolute Gasteiger partial charge is 0.453 e. The van der Waals surface area contributed by atoms with Crippen LogP contribution in [0, 0.1) is 0 Å².